The largest absolute Gasteiger partial charge is 0.308 e. The molecule has 86 valence electrons. The Balaban J connectivity index is 2.52. The van der Waals surface area contributed by atoms with Crippen LogP contribution in [0.5, 0.6) is 0 Å². The van der Waals surface area contributed by atoms with Crippen molar-refractivity contribution in [2.45, 2.75) is 12.5 Å². The van der Waals surface area contributed by atoms with Crippen molar-refractivity contribution < 1.29 is 0 Å². The van der Waals surface area contributed by atoms with Crippen LogP contribution in [0.2, 0.25) is 0 Å². The van der Waals surface area contributed by atoms with E-state index in [0.717, 1.165) is 13.1 Å². The summed E-state index contributed by atoms with van der Waals surface area (Å²) >= 11 is 0. The van der Waals surface area contributed by atoms with E-state index in [1.807, 2.05) is 32.3 Å². The van der Waals surface area contributed by atoms with Gasteiger partial charge in [-0.05, 0) is 19.7 Å². The topological polar surface area (TPSA) is 39.1 Å². The number of likely N-dealkylation sites (N-methyl/N-ethyl adjacent to an activating group) is 1. The zero-order valence-corrected chi connectivity index (χ0v) is 9.98. The second-order valence-electron chi connectivity index (χ2n) is 4.08. The predicted molar refractivity (Wildman–Crippen MR) is 66.0 cm³/mol. The summed E-state index contributed by atoms with van der Waals surface area (Å²) in [6.07, 6.45) is 0.511. The molecule has 1 N–H and O–H groups in total. The van der Waals surface area contributed by atoms with Gasteiger partial charge in [0.2, 0.25) is 0 Å². The zero-order valence-electron chi connectivity index (χ0n) is 9.98. The highest BCUT2D eigenvalue weighted by Gasteiger charge is 2.09. The molecule has 3 nitrogen and oxygen atoms in total. The van der Waals surface area contributed by atoms with Crippen molar-refractivity contribution in [3.63, 3.8) is 0 Å². The van der Waals surface area contributed by atoms with Gasteiger partial charge in [0.25, 0.3) is 0 Å². The van der Waals surface area contributed by atoms with E-state index in [4.69, 9.17) is 5.26 Å². The number of nitrogens with zero attached hydrogens (tertiary/aromatic N) is 2. The monoisotopic (exact) mass is 217 g/mol. The van der Waals surface area contributed by atoms with E-state index in [0.29, 0.717) is 6.42 Å². The van der Waals surface area contributed by atoms with Crippen molar-refractivity contribution in [1.82, 2.24) is 10.2 Å². The number of benzene rings is 1. The van der Waals surface area contributed by atoms with Gasteiger partial charge in [-0.3, -0.25) is 0 Å². The molecular weight excluding hydrogens is 198 g/mol. The van der Waals surface area contributed by atoms with Crippen LogP contribution in [0, 0.1) is 11.3 Å². The Morgan fingerprint density at radius 2 is 2.00 bits per heavy atom. The number of rotatable bonds is 6. The van der Waals surface area contributed by atoms with E-state index in [1.54, 1.807) is 0 Å². The number of nitrogens with one attached hydrogen (secondary N) is 1. The molecule has 1 rings (SSSR count). The maximum Gasteiger partial charge on any atom is 0.0641 e. The van der Waals surface area contributed by atoms with E-state index in [-0.39, 0.29) is 6.04 Å². The van der Waals surface area contributed by atoms with Gasteiger partial charge < -0.3 is 10.2 Å². The van der Waals surface area contributed by atoms with E-state index in [2.05, 4.69) is 28.4 Å². The average Bonchev–Trinajstić information content (AvgIpc) is 2.29. The molecule has 3 heteroatoms. The SMILES string of the molecule is CN(C)CCNC(CC#N)c1ccccc1. The molecule has 0 aliphatic heterocycles. The third-order valence-corrected chi connectivity index (χ3v) is 2.45. The molecule has 0 radical (unpaired) electrons. The van der Waals surface area contributed by atoms with Gasteiger partial charge in [-0.25, -0.2) is 0 Å². The molecule has 0 heterocycles. The van der Waals surface area contributed by atoms with Crippen LogP contribution in [-0.2, 0) is 0 Å². The first-order chi connectivity index (χ1) is 7.74. The Morgan fingerprint density at radius 3 is 2.56 bits per heavy atom. The molecule has 0 aromatic heterocycles. The van der Waals surface area contributed by atoms with E-state index in [1.165, 1.54) is 5.56 Å². The summed E-state index contributed by atoms with van der Waals surface area (Å²) in [5.41, 5.74) is 1.18. The fourth-order valence-electron chi connectivity index (χ4n) is 1.55. The second-order valence-corrected chi connectivity index (χ2v) is 4.08. The highest BCUT2D eigenvalue weighted by Crippen LogP contribution is 2.15. The standard InChI is InChI=1S/C13H19N3/c1-16(2)11-10-15-13(8-9-14)12-6-4-3-5-7-12/h3-7,13,15H,8,10-11H2,1-2H3. The van der Waals surface area contributed by atoms with Crippen molar-refractivity contribution in [2.24, 2.45) is 0 Å². The third kappa shape index (κ3) is 4.43. The number of hydrogen-bond acceptors (Lipinski definition) is 3. The Morgan fingerprint density at radius 1 is 1.31 bits per heavy atom. The Bertz CT molecular complexity index is 327. The van der Waals surface area contributed by atoms with Gasteiger partial charge in [-0.1, -0.05) is 30.3 Å². The van der Waals surface area contributed by atoms with Crippen molar-refractivity contribution in [1.29, 1.82) is 5.26 Å². The van der Waals surface area contributed by atoms with Crippen LogP contribution >= 0.6 is 0 Å². The lowest BCUT2D eigenvalue weighted by molar-refractivity contribution is 0.385. The van der Waals surface area contributed by atoms with Crippen LogP contribution in [-0.4, -0.2) is 32.1 Å². The minimum atomic E-state index is 0.145. The molecule has 0 bridgehead atoms. The van der Waals surface area contributed by atoms with Gasteiger partial charge in [0.1, 0.15) is 0 Å². The van der Waals surface area contributed by atoms with E-state index >= 15 is 0 Å². The Hall–Kier alpha value is -1.37. The minimum Gasteiger partial charge on any atom is -0.308 e. The van der Waals surface area contributed by atoms with Crippen LogP contribution in [0.1, 0.15) is 18.0 Å². The molecule has 1 aromatic carbocycles. The van der Waals surface area contributed by atoms with Crippen molar-refractivity contribution in [2.75, 3.05) is 27.2 Å². The van der Waals surface area contributed by atoms with Crippen LogP contribution in [0.15, 0.2) is 30.3 Å². The summed E-state index contributed by atoms with van der Waals surface area (Å²) in [5, 5.41) is 12.2. The average molecular weight is 217 g/mol. The molecule has 1 unspecified atom stereocenters. The molecule has 0 amide bonds. The van der Waals surface area contributed by atoms with Gasteiger partial charge >= 0.3 is 0 Å². The highest BCUT2D eigenvalue weighted by molar-refractivity contribution is 5.19. The smallest absolute Gasteiger partial charge is 0.0641 e. The first-order valence-electron chi connectivity index (χ1n) is 5.54. The first kappa shape index (κ1) is 12.7. The summed E-state index contributed by atoms with van der Waals surface area (Å²) in [5.74, 6) is 0. The first-order valence-corrected chi connectivity index (χ1v) is 5.54. The molecule has 1 atom stereocenters. The lowest BCUT2D eigenvalue weighted by Gasteiger charge is -2.18. The molecular formula is C13H19N3. The van der Waals surface area contributed by atoms with Gasteiger partial charge in [0.15, 0.2) is 0 Å². The lowest BCUT2D eigenvalue weighted by Crippen LogP contribution is -2.29. The van der Waals surface area contributed by atoms with Gasteiger partial charge in [0, 0.05) is 19.1 Å². The molecule has 16 heavy (non-hydrogen) atoms. The molecule has 0 aliphatic carbocycles. The molecule has 0 spiro atoms. The summed E-state index contributed by atoms with van der Waals surface area (Å²) in [6.45, 7) is 1.88. The molecule has 0 fully saturated rings. The van der Waals surface area contributed by atoms with E-state index < -0.39 is 0 Å². The number of hydrogen-bond donors (Lipinski definition) is 1. The second kappa shape index (κ2) is 7.00. The van der Waals surface area contributed by atoms with Crippen LogP contribution < -0.4 is 5.32 Å². The molecule has 0 saturated heterocycles. The van der Waals surface area contributed by atoms with Crippen molar-refractivity contribution in [3.05, 3.63) is 35.9 Å². The molecule has 0 aliphatic rings. The summed E-state index contributed by atoms with van der Waals surface area (Å²) in [7, 11) is 4.09. The fraction of sp³-hybridized carbons (Fsp3) is 0.462. The minimum absolute atomic E-state index is 0.145. The maximum absolute atomic E-state index is 8.81. The Kier molecular flexibility index (Phi) is 5.55. The van der Waals surface area contributed by atoms with Gasteiger partial charge in [-0.2, -0.15) is 5.26 Å². The van der Waals surface area contributed by atoms with Gasteiger partial charge in [0.05, 0.1) is 12.5 Å². The number of nitriles is 1. The summed E-state index contributed by atoms with van der Waals surface area (Å²) in [4.78, 5) is 2.13. The Labute approximate surface area is 97.7 Å². The van der Waals surface area contributed by atoms with Crippen LogP contribution in [0.3, 0.4) is 0 Å². The molecule has 1 aromatic rings. The zero-order chi connectivity index (χ0) is 11.8. The van der Waals surface area contributed by atoms with E-state index in [9.17, 15) is 0 Å². The predicted octanol–water partition coefficient (Wildman–Crippen LogP) is 1.79. The van der Waals surface area contributed by atoms with Crippen LogP contribution in [0.4, 0.5) is 0 Å². The molecule has 0 saturated carbocycles. The summed E-state index contributed by atoms with van der Waals surface area (Å²) < 4.78 is 0. The normalized spacial score (nSPS) is 12.4. The maximum atomic E-state index is 8.81. The van der Waals surface area contributed by atoms with Crippen LogP contribution in [0.25, 0.3) is 0 Å². The highest BCUT2D eigenvalue weighted by atomic mass is 15.1. The third-order valence-electron chi connectivity index (χ3n) is 2.45. The quantitative estimate of drug-likeness (QED) is 0.789. The van der Waals surface area contributed by atoms with Crippen molar-refractivity contribution in [3.8, 4) is 6.07 Å². The fourth-order valence-corrected chi connectivity index (χ4v) is 1.55. The lowest BCUT2D eigenvalue weighted by atomic mass is 10.0. The van der Waals surface area contributed by atoms with Gasteiger partial charge in [-0.15, -0.1) is 0 Å². The van der Waals surface area contributed by atoms with Crippen molar-refractivity contribution >= 4 is 0 Å². The summed E-state index contributed by atoms with van der Waals surface area (Å²) in [6, 6.07) is 12.5.